The second kappa shape index (κ2) is 5.73. The van der Waals surface area contributed by atoms with E-state index in [4.69, 9.17) is 4.52 Å². The molecule has 0 saturated heterocycles. The van der Waals surface area contributed by atoms with Crippen molar-refractivity contribution in [2.45, 2.75) is 25.3 Å². The summed E-state index contributed by atoms with van der Waals surface area (Å²) in [6, 6.07) is 9.95. The third-order valence-electron chi connectivity index (χ3n) is 3.75. The Morgan fingerprint density at radius 1 is 1.35 bits per heavy atom. The number of nitrogens with zero attached hydrogens (tertiary/aromatic N) is 2. The third-order valence-corrected chi connectivity index (χ3v) is 4.85. The molecule has 2 aromatic rings. The van der Waals surface area contributed by atoms with Crippen LogP contribution in [0.5, 0.6) is 0 Å². The molecule has 1 aromatic carbocycles. The number of aromatic nitrogens is 2. The lowest BCUT2D eigenvalue weighted by Crippen LogP contribution is -2.40. The highest BCUT2D eigenvalue weighted by molar-refractivity contribution is 8.09. The van der Waals surface area contributed by atoms with Crippen LogP contribution in [-0.4, -0.2) is 21.5 Å². The van der Waals surface area contributed by atoms with Crippen LogP contribution in [0.1, 0.15) is 30.1 Å². The van der Waals surface area contributed by atoms with Crippen LogP contribution in [-0.2, 0) is 4.79 Å². The number of benzene rings is 1. The molecule has 1 aromatic heterocycles. The Hall–Kier alpha value is -2.28. The van der Waals surface area contributed by atoms with Crippen LogP contribution in [0.15, 0.2) is 34.9 Å². The van der Waals surface area contributed by atoms with Crippen molar-refractivity contribution in [3.63, 3.8) is 0 Å². The molecule has 1 amide bonds. The van der Waals surface area contributed by atoms with Gasteiger partial charge in [-0.2, -0.15) is 4.98 Å². The summed E-state index contributed by atoms with van der Waals surface area (Å²) in [6.45, 7) is 1.76. The largest absolute Gasteiger partial charge is 0.355 e. The van der Waals surface area contributed by atoms with Gasteiger partial charge in [0.25, 0.3) is 0 Å². The van der Waals surface area contributed by atoms with E-state index in [0.717, 1.165) is 29.0 Å². The van der Waals surface area contributed by atoms with Gasteiger partial charge < -0.3 is 15.2 Å². The van der Waals surface area contributed by atoms with Crippen LogP contribution in [0.2, 0.25) is 0 Å². The van der Waals surface area contributed by atoms with Crippen LogP contribution in [0.25, 0.3) is 10.6 Å². The Labute approximate surface area is 137 Å². The van der Waals surface area contributed by atoms with Crippen molar-refractivity contribution in [3.05, 3.63) is 47.6 Å². The van der Waals surface area contributed by atoms with Crippen molar-refractivity contribution < 1.29 is 9.32 Å². The number of nitrogens with one attached hydrogen (secondary N) is 2. The van der Waals surface area contributed by atoms with Gasteiger partial charge in [-0.3, -0.25) is 4.79 Å². The van der Waals surface area contributed by atoms with Gasteiger partial charge in [0.15, 0.2) is 5.50 Å². The highest BCUT2D eigenvalue weighted by Crippen LogP contribution is 2.40. The average molecular weight is 328 g/mol. The lowest BCUT2D eigenvalue weighted by atomic mass is 10.1. The first kappa shape index (κ1) is 14.3. The monoisotopic (exact) mass is 328 g/mol. The first-order valence-electron chi connectivity index (χ1n) is 7.54. The Bertz CT molecular complexity index is 767. The van der Waals surface area contributed by atoms with E-state index < -0.39 is 0 Å². The van der Waals surface area contributed by atoms with Crippen molar-refractivity contribution in [1.29, 1.82) is 0 Å². The molecule has 0 radical (unpaired) electrons. The molecule has 0 bridgehead atoms. The number of hydrogen-bond acceptors (Lipinski definition) is 6. The van der Waals surface area contributed by atoms with E-state index in [1.807, 2.05) is 30.3 Å². The van der Waals surface area contributed by atoms with Crippen LogP contribution in [0.3, 0.4) is 0 Å². The Morgan fingerprint density at radius 3 is 2.78 bits per heavy atom. The van der Waals surface area contributed by atoms with Crippen LogP contribution >= 0.6 is 11.8 Å². The van der Waals surface area contributed by atoms with E-state index >= 15 is 0 Å². The van der Waals surface area contributed by atoms with E-state index in [1.165, 1.54) is 11.8 Å². The zero-order chi connectivity index (χ0) is 15.8. The fraction of sp³-hybridized carbons (Fsp3) is 0.312. The fourth-order valence-corrected chi connectivity index (χ4v) is 3.51. The molecule has 1 unspecified atom stereocenters. The minimum Gasteiger partial charge on any atom is -0.355 e. The SMILES string of the molecule is Cc1nc(C2=C(c3ccccc3)NC(NC(=O)C3CC3)S2)no1. The molecular formula is C16H16N4O2S. The van der Waals surface area contributed by atoms with E-state index in [2.05, 4.69) is 20.8 Å². The van der Waals surface area contributed by atoms with Crippen LogP contribution in [0.4, 0.5) is 0 Å². The molecule has 2 N–H and O–H groups in total. The van der Waals surface area contributed by atoms with Gasteiger partial charge in [-0.25, -0.2) is 0 Å². The molecule has 1 saturated carbocycles. The van der Waals surface area contributed by atoms with Gasteiger partial charge in [0.2, 0.25) is 17.6 Å². The minimum atomic E-state index is -0.216. The Kier molecular flexibility index (Phi) is 3.57. The summed E-state index contributed by atoms with van der Waals surface area (Å²) in [6.07, 6.45) is 1.97. The number of carbonyl (C=O) groups excluding carboxylic acids is 1. The van der Waals surface area contributed by atoms with Crippen LogP contribution in [0, 0.1) is 12.8 Å². The highest BCUT2D eigenvalue weighted by atomic mass is 32.2. The summed E-state index contributed by atoms with van der Waals surface area (Å²) in [5.74, 6) is 1.34. The molecule has 23 heavy (non-hydrogen) atoms. The summed E-state index contributed by atoms with van der Waals surface area (Å²) < 4.78 is 5.10. The van der Waals surface area contributed by atoms with Crippen molar-refractivity contribution in [2.75, 3.05) is 0 Å². The quantitative estimate of drug-likeness (QED) is 0.897. The molecule has 2 heterocycles. The summed E-state index contributed by atoms with van der Waals surface area (Å²) in [5.41, 5.74) is 1.73. The molecular weight excluding hydrogens is 312 g/mol. The lowest BCUT2D eigenvalue weighted by molar-refractivity contribution is -0.122. The lowest BCUT2D eigenvalue weighted by Gasteiger charge is -2.14. The maximum atomic E-state index is 12.0. The van der Waals surface area contributed by atoms with Gasteiger partial charge >= 0.3 is 0 Å². The van der Waals surface area contributed by atoms with Gasteiger partial charge in [-0.05, 0) is 18.4 Å². The number of thioether (sulfide) groups is 1. The minimum absolute atomic E-state index is 0.105. The number of hydrogen-bond donors (Lipinski definition) is 2. The predicted molar refractivity (Wildman–Crippen MR) is 87.7 cm³/mol. The first-order chi connectivity index (χ1) is 11.2. The van der Waals surface area contributed by atoms with Gasteiger partial charge in [-0.15, -0.1) is 0 Å². The summed E-state index contributed by atoms with van der Waals surface area (Å²) >= 11 is 1.51. The zero-order valence-electron chi connectivity index (χ0n) is 12.6. The number of aryl methyl sites for hydroxylation is 1. The van der Waals surface area contributed by atoms with Gasteiger partial charge in [-0.1, -0.05) is 47.3 Å². The Morgan fingerprint density at radius 2 is 2.13 bits per heavy atom. The summed E-state index contributed by atoms with van der Waals surface area (Å²) in [5, 5.41) is 10.4. The summed E-state index contributed by atoms with van der Waals surface area (Å²) in [4.78, 5) is 17.2. The molecule has 1 aliphatic carbocycles. The molecule has 1 fully saturated rings. The smallest absolute Gasteiger partial charge is 0.225 e. The normalized spacial score (nSPS) is 20.5. The Balaban J connectivity index is 1.63. The molecule has 2 aliphatic rings. The van der Waals surface area contributed by atoms with Crippen molar-refractivity contribution in [1.82, 2.24) is 20.8 Å². The van der Waals surface area contributed by atoms with E-state index in [-0.39, 0.29) is 17.3 Å². The first-order valence-corrected chi connectivity index (χ1v) is 8.42. The molecule has 1 aliphatic heterocycles. The van der Waals surface area contributed by atoms with E-state index in [9.17, 15) is 4.79 Å². The number of carbonyl (C=O) groups is 1. The van der Waals surface area contributed by atoms with E-state index in [1.54, 1.807) is 6.92 Å². The molecule has 6 nitrogen and oxygen atoms in total. The zero-order valence-corrected chi connectivity index (χ0v) is 13.4. The molecule has 4 rings (SSSR count). The second-order valence-corrected chi connectivity index (χ2v) is 6.75. The third kappa shape index (κ3) is 2.96. The van der Waals surface area contributed by atoms with Crippen LogP contribution < -0.4 is 10.6 Å². The second-order valence-electron chi connectivity index (χ2n) is 5.63. The highest BCUT2D eigenvalue weighted by Gasteiger charge is 2.34. The number of amides is 1. The fourth-order valence-electron chi connectivity index (χ4n) is 2.44. The average Bonchev–Trinajstić information content (AvgIpc) is 3.21. The van der Waals surface area contributed by atoms with E-state index in [0.29, 0.717) is 11.7 Å². The molecule has 7 heteroatoms. The molecule has 0 spiro atoms. The summed E-state index contributed by atoms with van der Waals surface area (Å²) in [7, 11) is 0. The van der Waals surface area contributed by atoms with Crippen molar-refractivity contribution in [3.8, 4) is 0 Å². The van der Waals surface area contributed by atoms with Gasteiger partial charge in [0.1, 0.15) is 0 Å². The maximum Gasteiger partial charge on any atom is 0.225 e. The maximum absolute atomic E-state index is 12.0. The van der Waals surface area contributed by atoms with Gasteiger partial charge in [0.05, 0.1) is 10.6 Å². The molecule has 1 atom stereocenters. The number of rotatable bonds is 4. The van der Waals surface area contributed by atoms with Crippen molar-refractivity contribution in [2.24, 2.45) is 5.92 Å². The van der Waals surface area contributed by atoms with Gasteiger partial charge in [0, 0.05) is 12.8 Å². The predicted octanol–water partition coefficient (Wildman–Crippen LogP) is 2.35. The standard InChI is InChI=1S/C16H16N4O2S/c1-9-17-14(20-22-9)13-12(10-5-3-2-4-6-10)18-16(23-13)19-15(21)11-7-8-11/h2-6,11,16,18H,7-8H2,1H3,(H,19,21). The van der Waals surface area contributed by atoms with Crippen molar-refractivity contribution >= 4 is 28.3 Å². The molecule has 118 valence electrons. The topological polar surface area (TPSA) is 80.0 Å².